The van der Waals surface area contributed by atoms with Crippen molar-refractivity contribution in [2.75, 3.05) is 25.6 Å². The SMILES string of the molecule is CCOC.N/C(=C\N(N)CC=O)c1ccccc1Nc1ccc(C(F)(F)F)cc1. The number of aldehydes is 1. The number of halogens is 3. The molecular formula is C20H25F3N4O2. The zero-order valence-electron chi connectivity index (χ0n) is 16.2. The summed E-state index contributed by atoms with van der Waals surface area (Å²) in [5, 5.41) is 4.16. The number of methoxy groups -OCH3 is 1. The van der Waals surface area contributed by atoms with Gasteiger partial charge in [0, 0.05) is 36.9 Å². The summed E-state index contributed by atoms with van der Waals surface area (Å²) >= 11 is 0. The molecule has 0 heterocycles. The van der Waals surface area contributed by atoms with Gasteiger partial charge in [-0.05, 0) is 37.3 Å². The first kappa shape index (κ1) is 24.0. The summed E-state index contributed by atoms with van der Waals surface area (Å²) in [4.78, 5) is 10.5. The molecule has 6 nitrogen and oxygen atoms in total. The number of hydrazine groups is 1. The van der Waals surface area contributed by atoms with Crippen molar-refractivity contribution in [2.45, 2.75) is 13.1 Å². The van der Waals surface area contributed by atoms with Gasteiger partial charge >= 0.3 is 6.18 Å². The molecule has 0 bridgehead atoms. The molecule has 158 valence electrons. The van der Waals surface area contributed by atoms with Gasteiger partial charge in [0.25, 0.3) is 0 Å². The lowest BCUT2D eigenvalue weighted by molar-refractivity contribution is -0.137. The standard InChI is InChI=1S/C17H17F3N4O.C3H8O/c18-17(19,20)12-5-7-13(8-6-12)23-16-4-2-1-3-14(16)15(21)11-24(22)9-10-25;1-3-4-2/h1-8,10-11,23H,9,21-22H2;3H2,1-2H3/b15-11-;. The Morgan fingerprint density at radius 2 is 1.76 bits per heavy atom. The number of nitrogens with one attached hydrogen (secondary N) is 1. The molecule has 0 unspecified atom stereocenters. The van der Waals surface area contributed by atoms with E-state index in [0.717, 1.165) is 23.7 Å². The summed E-state index contributed by atoms with van der Waals surface area (Å²) in [6, 6.07) is 11.6. The highest BCUT2D eigenvalue weighted by molar-refractivity contribution is 5.77. The van der Waals surface area contributed by atoms with Gasteiger partial charge in [0.05, 0.1) is 17.8 Å². The van der Waals surface area contributed by atoms with Crippen LogP contribution in [-0.2, 0) is 15.7 Å². The summed E-state index contributed by atoms with van der Waals surface area (Å²) in [7, 11) is 1.68. The zero-order chi connectivity index (χ0) is 21.9. The Balaban J connectivity index is 0.000000960. The average Bonchev–Trinajstić information content (AvgIpc) is 2.68. The van der Waals surface area contributed by atoms with Crippen LogP contribution in [0.5, 0.6) is 0 Å². The van der Waals surface area contributed by atoms with Gasteiger partial charge < -0.3 is 25.6 Å². The molecule has 0 fully saturated rings. The molecule has 0 aromatic heterocycles. The van der Waals surface area contributed by atoms with Gasteiger partial charge in [0.2, 0.25) is 0 Å². The second-order valence-corrected chi connectivity index (χ2v) is 5.77. The first-order chi connectivity index (χ1) is 13.7. The molecule has 0 saturated heterocycles. The van der Waals surface area contributed by atoms with Crippen LogP contribution >= 0.6 is 0 Å². The summed E-state index contributed by atoms with van der Waals surface area (Å²) in [5.41, 5.74) is 7.25. The summed E-state index contributed by atoms with van der Waals surface area (Å²) in [6.45, 7) is 2.76. The average molecular weight is 410 g/mol. The fourth-order valence-corrected chi connectivity index (χ4v) is 2.13. The zero-order valence-corrected chi connectivity index (χ0v) is 16.2. The quantitative estimate of drug-likeness (QED) is 0.366. The minimum absolute atomic E-state index is 0.0187. The number of carbonyl (C=O) groups excluding carboxylic acids is 1. The molecule has 0 spiro atoms. The van der Waals surface area contributed by atoms with Crippen LogP contribution in [0.3, 0.4) is 0 Å². The smallest absolute Gasteiger partial charge is 0.397 e. The van der Waals surface area contributed by atoms with E-state index >= 15 is 0 Å². The van der Waals surface area contributed by atoms with Crippen molar-refractivity contribution < 1.29 is 22.7 Å². The van der Waals surface area contributed by atoms with Crippen molar-refractivity contribution in [1.82, 2.24) is 5.01 Å². The number of ether oxygens (including phenoxy) is 1. The highest BCUT2D eigenvalue weighted by Gasteiger charge is 2.29. The Morgan fingerprint density at radius 3 is 2.28 bits per heavy atom. The maximum Gasteiger partial charge on any atom is 0.416 e. The molecule has 0 radical (unpaired) electrons. The van der Waals surface area contributed by atoms with Crippen molar-refractivity contribution in [2.24, 2.45) is 11.6 Å². The van der Waals surface area contributed by atoms with E-state index < -0.39 is 11.7 Å². The van der Waals surface area contributed by atoms with Gasteiger partial charge in [-0.2, -0.15) is 13.2 Å². The molecule has 0 atom stereocenters. The molecule has 5 N–H and O–H groups in total. The molecule has 0 saturated carbocycles. The number of nitrogens with two attached hydrogens (primary N) is 2. The maximum atomic E-state index is 12.6. The first-order valence-corrected chi connectivity index (χ1v) is 8.67. The third-order valence-corrected chi connectivity index (χ3v) is 3.61. The fraction of sp³-hybridized carbons (Fsp3) is 0.250. The van der Waals surface area contributed by atoms with Crippen LogP contribution in [0.25, 0.3) is 5.70 Å². The highest BCUT2D eigenvalue weighted by atomic mass is 19.4. The number of carbonyl (C=O) groups is 1. The minimum Gasteiger partial charge on any atom is -0.397 e. The lowest BCUT2D eigenvalue weighted by Crippen LogP contribution is -2.28. The summed E-state index contributed by atoms with van der Waals surface area (Å²) in [6.07, 6.45) is -2.34. The Labute approximate surface area is 167 Å². The number of anilines is 2. The largest absolute Gasteiger partial charge is 0.416 e. The van der Waals surface area contributed by atoms with E-state index in [2.05, 4.69) is 10.1 Å². The van der Waals surface area contributed by atoms with Crippen LogP contribution in [0.4, 0.5) is 24.5 Å². The maximum absolute atomic E-state index is 12.6. The third kappa shape index (κ3) is 8.24. The third-order valence-electron chi connectivity index (χ3n) is 3.61. The Bertz CT molecular complexity index is 791. The van der Waals surface area contributed by atoms with E-state index in [1.54, 1.807) is 31.4 Å². The Morgan fingerprint density at radius 1 is 1.17 bits per heavy atom. The van der Waals surface area contributed by atoms with E-state index in [4.69, 9.17) is 11.6 Å². The van der Waals surface area contributed by atoms with Crippen molar-refractivity contribution in [1.29, 1.82) is 0 Å². The second kappa shape index (κ2) is 11.7. The predicted molar refractivity (Wildman–Crippen MR) is 108 cm³/mol. The highest BCUT2D eigenvalue weighted by Crippen LogP contribution is 2.31. The lowest BCUT2D eigenvalue weighted by atomic mass is 10.1. The molecular weight excluding hydrogens is 385 g/mol. The minimum atomic E-state index is -4.38. The molecule has 2 rings (SSSR count). The normalized spacial score (nSPS) is 11.3. The number of alkyl halides is 3. The summed E-state index contributed by atoms with van der Waals surface area (Å²) < 4.78 is 42.4. The molecule has 2 aromatic rings. The van der Waals surface area contributed by atoms with Gasteiger partial charge in [0.1, 0.15) is 6.29 Å². The fourth-order valence-electron chi connectivity index (χ4n) is 2.13. The Kier molecular flexibility index (Phi) is 9.70. The van der Waals surface area contributed by atoms with Crippen LogP contribution in [0.15, 0.2) is 54.7 Å². The van der Waals surface area contributed by atoms with E-state index in [9.17, 15) is 18.0 Å². The molecule has 9 heteroatoms. The van der Waals surface area contributed by atoms with Gasteiger partial charge in [-0.25, -0.2) is 5.84 Å². The van der Waals surface area contributed by atoms with Crippen molar-refractivity contribution in [3.8, 4) is 0 Å². The lowest BCUT2D eigenvalue weighted by Gasteiger charge is -2.15. The molecule has 0 amide bonds. The van der Waals surface area contributed by atoms with Crippen LogP contribution in [-0.4, -0.2) is 31.6 Å². The van der Waals surface area contributed by atoms with Gasteiger partial charge in [-0.1, -0.05) is 18.2 Å². The number of hydrogen-bond acceptors (Lipinski definition) is 6. The number of nitrogens with zero attached hydrogens (tertiary/aromatic N) is 1. The predicted octanol–water partition coefficient (Wildman–Crippen LogP) is 3.73. The first-order valence-electron chi connectivity index (χ1n) is 8.67. The van der Waals surface area contributed by atoms with E-state index in [1.165, 1.54) is 18.3 Å². The van der Waals surface area contributed by atoms with Crippen molar-refractivity contribution in [3.63, 3.8) is 0 Å². The van der Waals surface area contributed by atoms with Gasteiger partial charge in [0.15, 0.2) is 0 Å². The van der Waals surface area contributed by atoms with Gasteiger partial charge in [-0.15, -0.1) is 0 Å². The van der Waals surface area contributed by atoms with E-state index in [-0.39, 0.29) is 6.54 Å². The number of para-hydroxylation sites is 1. The number of hydrogen-bond donors (Lipinski definition) is 3. The van der Waals surface area contributed by atoms with Crippen LogP contribution in [0.1, 0.15) is 18.1 Å². The molecule has 0 aliphatic heterocycles. The molecule has 0 aliphatic carbocycles. The van der Waals surface area contributed by atoms with E-state index in [0.29, 0.717) is 28.9 Å². The second-order valence-electron chi connectivity index (χ2n) is 5.77. The summed E-state index contributed by atoms with van der Waals surface area (Å²) in [5.74, 6) is 5.60. The van der Waals surface area contributed by atoms with E-state index in [1.807, 2.05) is 6.92 Å². The van der Waals surface area contributed by atoms with Crippen molar-refractivity contribution in [3.05, 3.63) is 65.9 Å². The van der Waals surface area contributed by atoms with Crippen LogP contribution < -0.4 is 16.9 Å². The van der Waals surface area contributed by atoms with Crippen molar-refractivity contribution >= 4 is 23.4 Å². The number of rotatable bonds is 7. The molecule has 0 aliphatic rings. The van der Waals surface area contributed by atoms with Crippen LogP contribution in [0, 0.1) is 0 Å². The molecule has 2 aromatic carbocycles. The number of benzene rings is 2. The monoisotopic (exact) mass is 410 g/mol. The van der Waals surface area contributed by atoms with Crippen LogP contribution in [0.2, 0.25) is 0 Å². The molecule has 29 heavy (non-hydrogen) atoms. The topological polar surface area (TPSA) is 93.6 Å². The van der Waals surface area contributed by atoms with Gasteiger partial charge in [-0.3, -0.25) is 0 Å². The Hall–Kier alpha value is -3.04.